The molecule has 1 aromatic heterocycles. The van der Waals surface area contributed by atoms with E-state index in [2.05, 4.69) is 15.3 Å². The van der Waals surface area contributed by atoms with Crippen molar-refractivity contribution in [3.05, 3.63) is 53.5 Å². The van der Waals surface area contributed by atoms with Gasteiger partial charge in [-0.1, -0.05) is 36.8 Å². The first-order valence-electron chi connectivity index (χ1n) is 7.60. The minimum atomic E-state index is -0.779. The number of aromatic nitrogens is 2. The van der Waals surface area contributed by atoms with Crippen LogP contribution in [-0.2, 0) is 9.53 Å². The van der Waals surface area contributed by atoms with Crippen molar-refractivity contribution in [1.82, 2.24) is 15.3 Å². The minimum absolute atomic E-state index is 0.0333. The fraction of sp³-hybridized carbons (Fsp3) is 0.294. The van der Waals surface area contributed by atoms with Gasteiger partial charge >= 0.3 is 5.97 Å². The predicted octanol–water partition coefficient (Wildman–Crippen LogP) is 1.79. The van der Waals surface area contributed by atoms with Gasteiger partial charge in [0.1, 0.15) is 0 Å². The van der Waals surface area contributed by atoms with E-state index in [0.29, 0.717) is 0 Å². The molecule has 0 spiro atoms. The van der Waals surface area contributed by atoms with Crippen molar-refractivity contribution in [2.24, 2.45) is 0 Å². The maximum atomic E-state index is 12.0. The van der Waals surface area contributed by atoms with Crippen LogP contribution in [0.25, 0.3) is 0 Å². The maximum absolute atomic E-state index is 12.0. The number of carbonyl (C=O) groups is 2. The molecule has 1 heterocycles. The summed E-state index contributed by atoms with van der Waals surface area (Å²) in [6.07, 6.45) is 3.42. The van der Waals surface area contributed by atoms with E-state index < -0.39 is 18.5 Å². The molecule has 0 saturated heterocycles. The van der Waals surface area contributed by atoms with Crippen molar-refractivity contribution < 1.29 is 14.3 Å². The van der Waals surface area contributed by atoms with Gasteiger partial charge in [0, 0.05) is 12.4 Å². The summed E-state index contributed by atoms with van der Waals surface area (Å²) in [5.74, 6) is -1.20. The monoisotopic (exact) mass is 328 g/mol. The summed E-state index contributed by atoms with van der Waals surface area (Å²) in [5.41, 5.74) is 7.59. The molecule has 2 aromatic rings. The molecular formula is C17H20N4O3. The first-order valence-corrected chi connectivity index (χ1v) is 7.60. The number of hydrogen-bond acceptors (Lipinski definition) is 6. The number of rotatable bonds is 6. The number of ether oxygens (including phenoxy) is 1. The maximum Gasteiger partial charge on any atom is 0.361 e. The second-order valence-electron chi connectivity index (χ2n) is 5.31. The Morgan fingerprint density at radius 3 is 2.50 bits per heavy atom. The summed E-state index contributed by atoms with van der Waals surface area (Å²) < 4.78 is 4.94. The summed E-state index contributed by atoms with van der Waals surface area (Å²) in [4.78, 5) is 31.4. The molecule has 1 aromatic carbocycles. The predicted molar refractivity (Wildman–Crippen MR) is 89.1 cm³/mol. The molecule has 0 saturated carbocycles. The number of carbonyl (C=O) groups excluding carboxylic acids is 2. The number of benzene rings is 1. The Morgan fingerprint density at radius 2 is 1.88 bits per heavy atom. The SMILES string of the molecule is CC[C@@H](NC(=O)COC(=O)c1nccnc1N)c1ccc(C)cc1. The molecule has 7 nitrogen and oxygen atoms in total. The number of nitrogens with zero attached hydrogens (tertiary/aromatic N) is 2. The van der Waals surface area contributed by atoms with Gasteiger partial charge in [-0.05, 0) is 18.9 Å². The number of anilines is 1. The lowest BCUT2D eigenvalue weighted by atomic mass is 10.0. The fourth-order valence-corrected chi connectivity index (χ4v) is 2.16. The largest absolute Gasteiger partial charge is 0.451 e. The van der Waals surface area contributed by atoms with Crippen LogP contribution in [0.5, 0.6) is 0 Å². The molecule has 0 aliphatic carbocycles. The highest BCUT2D eigenvalue weighted by Crippen LogP contribution is 2.17. The summed E-state index contributed by atoms with van der Waals surface area (Å²) >= 11 is 0. The molecule has 0 unspecified atom stereocenters. The van der Waals surface area contributed by atoms with E-state index in [1.807, 2.05) is 38.1 Å². The lowest BCUT2D eigenvalue weighted by Gasteiger charge is -2.17. The first-order chi connectivity index (χ1) is 11.5. The molecule has 1 atom stereocenters. The summed E-state index contributed by atoms with van der Waals surface area (Å²) in [6.45, 7) is 3.56. The van der Waals surface area contributed by atoms with Gasteiger partial charge in [-0.2, -0.15) is 0 Å². The number of nitrogens with two attached hydrogens (primary N) is 1. The van der Waals surface area contributed by atoms with Crippen LogP contribution in [0.15, 0.2) is 36.7 Å². The zero-order valence-corrected chi connectivity index (χ0v) is 13.7. The van der Waals surface area contributed by atoms with E-state index >= 15 is 0 Å². The van der Waals surface area contributed by atoms with Crippen LogP contribution in [0.2, 0.25) is 0 Å². The van der Waals surface area contributed by atoms with Gasteiger partial charge in [0.2, 0.25) is 0 Å². The molecule has 7 heteroatoms. The smallest absolute Gasteiger partial charge is 0.361 e. The molecule has 2 rings (SSSR count). The van der Waals surface area contributed by atoms with Gasteiger partial charge in [-0.3, -0.25) is 4.79 Å². The van der Waals surface area contributed by atoms with Crippen molar-refractivity contribution in [3.63, 3.8) is 0 Å². The number of hydrogen-bond donors (Lipinski definition) is 2. The van der Waals surface area contributed by atoms with E-state index in [1.54, 1.807) is 0 Å². The number of esters is 1. The lowest BCUT2D eigenvalue weighted by Crippen LogP contribution is -2.32. The minimum Gasteiger partial charge on any atom is -0.451 e. The Kier molecular flexibility index (Phi) is 5.83. The Hall–Kier alpha value is -2.96. The number of nitrogen functional groups attached to an aromatic ring is 1. The second kappa shape index (κ2) is 8.05. The van der Waals surface area contributed by atoms with Crippen molar-refractivity contribution >= 4 is 17.7 Å². The van der Waals surface area contributed by atoms with Crippen molar-refractivity contribution in [2.45, 2.75) is 26.3 Å². The first kappa shape index (κ1) is 17.4. The molecule has 0 bridgehead atoms. The summed E-state index contributed by atoms with van der Waals surface area (Å²) in [5, 5.41) is 2.84. The van der Waals surface area contributed by atoms with Crippen LogP contribution in [0.1, 0.15) is 41.0 Å². The van der Waals surface area contributed by atoms with Gasteiger partial charge in [-0.25, -0.2) is 14.8 Å². The molecule has 0 aliphatic rings. The third kappa shape index (κ3) is 4.52. The Bertz CT molecular complexity index is 716. The van der Waals surface area contributed by atoms with E-state index in [9.17, 15) is 9.59 Å². The van der Waals surface area contributed by atoms with Crippen molar-refractivity contribution in [2.75, 3.05) is 12.3 Å². The van der Waals surface area contributed by atoms with Crippen molar-refractivity contribution in [1.29, 1.82) is 0 Å². The zero-order chi connectivity index (χ0) is 17.5. The van der Waals surface area contributed by atoms with Gasteiger partial charge in [0.05, 0.1) is 6.04 Å². The Balaban J connectivity index is 1.91. The van der Waals surface area contributed by atoms with Crippen LogP contribution in [0.3, 0.4) is 0 Å². The normalized spacial score (nSPS) is 11.6. The van der Waals surface area contributed by atoms with Crippen LogP contribution in [0, 0.1) is 6.92 Å². The van der Waals surface area contributed by atoms with Crippen LogP contribution in [-0.4, -0.2) is 28.5 Å². The molecular weight excluding hydrogens is 308 g/mol. The summed E-state index contributed by atoms with van der Waals surface area (Å²) in [6, 6.07) is 7.77. The van der Waals surface area contributed by atoms with E-state index in [4.69, 9.17) is 10.5 Å². The molecule has 3 N–H and O–H groups in total. The number of nitrogens with one attached hydrogen (secondary N) is 1. The molecule has 0 radical (unpaired) electrons. The standard InChI is InChI=1S/C17H20N4O3/c1-3-13(12-6-4-11(2)5-7-12)21-14(22)10-24-17(23)15-16(18)20-9-8-19-15/h4-9,13H,3,10H2,1-2H3,(H2,18,20)(H,21,22)/t13-/m1/s1. The molecule has 126 valence electrons. The number of amides is 1. The molecule has 1 amide bonds. The third-order valence-corrected chi connectivity index (χ3v) is 3.48. The van der Waals surface area contributed by atoms with Gasteiger partial charge < -0.3 is 15.8 Å². The van der Waals surface area contributed by atoms with Gasteiger partial charge in [-0.15, -0.1) is 0 Å². The average Bonchev–Trinajstić information content (AvgIpc) is 2.59. The third-order valence-electron chi connectivity index (χ3n) is 3.48. The second-order valence-corrected chi connectivity index (χ2v) is 5.31. The lowest BCUT2D eigenvalue weighted by molar-refractivity contribution is -0.125. The van der Waals surface area contributed by atoms with E-state index in [1.165, 1.54) is 12.4 Å². The van der Waals surface area contributed by atoms with Gasteiger partial charge in [0.15, 0.2) is 18.1 Å². The highest BCUT2D eigenvalue weighted by Gasteiger charge is 2.17. The zero-order valence-electron chi connectivity index (χ0n) is 13.7. The van der Waals surface area contributed by atoms with E-state index in [0.717, 1.165) is 17.5 Å². The molecule has 0 aliphatic heterocycles. The average molecular weight is 328 g/mol. The quantitative estimate of drug-likeness (QED) is 0.783. The molecule has 0 fully saturated rings. The number of aryl methyl sites for hydroxylation is 1. The van der Waals surface area contributed by atoms with Crippen LogP contribution >= 0.6 is 0 Å². The van der Waals surface area contributed by atoms with E-state index in [-0.39, 0.29) is 17.6 Å². The summed E-state index contributed by atoms with van der Waals surface area (Å²) in [7, 11) is 0. The Labute approximate surface area is 140 Å². The highest BCUT2D eigenvalue weighted by atomic mass is 16.5. The topological polar surface area (TPSA) is 107 Å². The fourth-order valence-electron chi connectivity index (χ4n) is 2.16. The Morgan fingerprint density at radius 1 is 1.21 bits per heavy atom. The van der Waals surface area contributed by atoms with Crippen LogP contribution < -0.4 is 11.1 Å². The highest BCUT2D eigenvalue weighted by molar-refractivity contribution is 5.93. The molecule has 24 heavy (non-hydrogen) atoms. The van der Waals surface area contributed by atoms with Crippen LogP contribution in [0.4, 0.5) is 5.82 Å². The van der Waals surface area contributed by atoms with Crippen molar-refractivity contribution in [3.8, 4) is 0 Å². The van der Waals surface area contributed by atoms with Gasteiger partial charge in [0.25, 0.3) is 5.91 Å².